The third-order valence-corrected chi connectivity index (χ3v) is 7.30. The third-order valence-electron chi connectivity index (χ3n) is 7.30. The van der Waals surface area contributed by atoms with Crippen LogP contribution >= 0.6 is 0 Å². The van der Waals surface area contributed by atoms with E-state index in [1.165, 1.54) is 22.4 Å². The summed E-state index contributed by atoms with van der Waals surface area (Å²) in [4.78, 5) is 13.3. The van der Waals surface area contributed by atoms with Gasteiger partial charge in [-0.2, -0.15) is 0 Å². The molecule has 1 saturated heterocycles. The number of carboxylic acid groups (broad SMARTS) is 1. The molecular weight excluding hydrogens is 419 g/mol. The molecule has 2 aliphatic rings. The summed E-state index contributed by atoms with van der Waals surface area (Å²) in [5.74, 6) is -2.04. The molecule has 172 valence electrons. The number of nitrogens with zero attached hydrogens (tertiary/aromatic N) is 1. The molecule has 0 amide bonds. The van der Waals surface area contributed by atoms with Gasteiger partial charge in [0.1, 0.15) is 5.82 Å². The molecule has 1 heterocycles. The van der Waals surface area contributed by atoms with Gasteiger partial charge in [0.05, 0.1) is 11.5 Å². The molecule has 2 atom stereocenters. The molecule has 0 aromatic heterocycles. The average molecular weight is 449 g/mol. The number of carbonyl (C=O) groups is 1. The van der Waals surface area contributed by atoms with E-state index >= 15 is 0 Å². The summed E-state index contributed by atoms with van der Waals surface area (Å²) in [5, 5.41) is 26.2. The van der Waals surface area contributed by atoms with Crippen molar-refractivity contribution in [2.45, 2.75) is 43.9 Å². The molecule has 1 aliphatic heterocycles. The maximum Gasteiger partial charge on any atom is 0.306 e. The number of aliphatic hydroxyl groups is 1. The lowest BCUT2D eigenvalue weighted by molar-refractivity contribution is -0.159. The Morgan fingerprint density at radius 3 is 2.70 bits per heavy atom. The van der Waals surface area contributed by atoms with E-state index in [0.29, 0.717) is 0 Å². The second-order valence-electron chi connectivity index (χ2n) is 9.53. The molecule has 0 spiro atoms. The number of rotatable bonds is 6. The zero-order valence-corrected chi connectivity index (χ0v) is 18.7. The minimum absolute atomic E-state index is 0.0510. The van der Waals surface area contributed by atoms with E-state index in [1.807, 2.05) is 0 Å². The highest BCUT2D eigenvalue weighted by Gasteiger charge is 2.49. The van der Waals surface area contributed by atoms with Gasteiger partial charge in [-0.3, -0.25) is 4.79 Å². The van der Waals surface area contributed by atoms with Gasteiger partial charge < -0.3 is 20.4 Å². The van der Waals surface area contributed by atoms with E-state index in [4.69, 9.17) is 5.11 Å². The molecule has 5 rings (SSSR count). The van der Waals surface area contributed by atoms with E-state index in [-0.39, 0.29) is 30.5 Å². The van der Waals surface area contributed by atoms with Crippen LogP contribution < -0.4 is 10.2 Å². The number of benzene rings is 3. The summed E-state index contributed by atoms with van der Waals surface area (Å²) in [6.07, 6.45) is 1.07. The molecule has 1 aliphatic carbocycles. The molecule has 1 saturated carbocycles. The first-order valence-electron chi connectivity index (χ1n) is 11.6. The highest BCUT2D eigenvalue weighted by atomic mass is 19.1. The quantitative estimate of drug-likeness (QED) is 0.514. The van der Waals surface area contributed by atoms with Crippen LogP contribution in [0.2, 0.25) is 0 Å². The number of anilines is 1. The first kappa shape index (κ1) is 21.9. The minimum Gasteiger partial charge on any atom is -0.481 e. The maximum atomic E-state index is 14.5. The van der Waals surface area contributed by atoms with Gasteiger partial charge in [-0.15, -0.1) is 0 Å². The van der Waals surface area contributed by atoms with Gasteiger partial charge >= 0.3 is 5.97 Å². The summed E-state index contributed by atoms with van der Waals surface area (Å²) in [7, 11) is 0. The number of hydrogen-bond acceptors (Lipinski definition) is 4. The standard InChI is InChI=1S/C27H29FN2O3/c1-17(22-8-4-6-18-5-2-3-7-23(18)22)29-20-11-12-30(16-20)21-9-10-25(28)24(13-21)27(33)14-19(15-27)26(31)32/h2-10,13,17,19-20,29,33H,11-12,14-16H2,1H3,(H,31,32)/t17?,19?,20-,27?/m0/s1. The van der Waals surface area contributed by atoms with Crippen LogP contribution in [-0.4, -0.2) is 35.3 Å². The number of aliphatic carboxylic acids is 1. The van der Waals surface area contributed by atoms with Crippen molar-refractivity contribution in [3.8, 4) is 0 Å². The Morgan fingerprint density at radius 1 is 1.15 bits per heavy atom. The van der Waals surface area contributed by atoms with Crippen LogP contribution in [0.25, 0.3) is 10.8 Å². The summed E-state index contributed by atoms with van der Waals surface area (Å²) < 4.78 is 14.5. The smallest absolute Gasteiger partial charge is 0.306 e. The average Bonchev–Trinajstić information content (AvgIpc) is 3.25. The Balaban J connectivity index is 1.28. The van der Waals surface area contributed by atoms with Crippen molar-refractivity contribution in [2.24, 2.45) is 5.92 Å². The van der Waals surface area contributed by atoms with Crippen molar-refractivity contribution in [3.63, 3.8) is 0 Å². The van der Waals surface area contributed by atoms with E-state index in [2.05, 4.69) is 59.6 Å². The van der Waals surface area contributed by atoms with Crippen LogP contribution in [0.15, 0.2) is 60.7 Å². The van der Waals surface area contributed by atoms with E-state index in [9.17, 15) is 14.3 Å². The summed E-state index contributed by atoms with van der Waals surface area (Å²) in [6, 6.07) is 20.1. The van der Waals surface area contributed by atoms with E-state index in [1.54, 1.807) is 12.1 Å². The molecule has 1 unspecified atom stereocenters. The lowest BCUT2D eigenvalue weighted by Crippen LogP contribution is -2.45. The van der Waals surface area contributed by atoms with E-state index in [0.717, 1.165) is 25.2 Å². The molecule has 0 bridgehead atoms. The molecule has 0 radical (unpaired) electrons. The Morgan fingerprint density at radius 2 is 1.91 bits per heavy atom. The normalized spacial score (nSPS) is 25.7. The molecule has 33 heavy (non-hydrogen) atoms. The van der Waals surface area contributed by atoms with Crippen molar-refractivity contribution in [1.29, 1.82) is 0 Å². The van der Waals surface area contributed by atoms with Crippen LogP contribution in [0, 0.1) is 11.7 Å². The lowest BCUT2D eigenvalue weighted by atomic mass is 9.67. The number of halogens is 1. The molecule has 2 fully saturated rings. The highest BCUT2D eigenvalue weighted by Crippen LogP contribution is 2.47. The van der Waals surface area contributed by atoms with Gasteiger partial charge in [-0.25, -0.2) is 4.39 Å². The fourth-order valence-corrected chi connectivity index (χ4v) is 5.42. The van der Waals surface area contributed by atoms with Gasteiger partial charge in [0.25, 0.3) is 0 Å². The zero-order valence-electron chi connectivity index (χ0n) is 18.7. The van der Waals surface area contributed by atoms with Crippen molar-refractivity contribution in [1.82, 2.24) is 5.32 Å². The van der Waals surface area contributed by atoms with Gasteiger partial charge in [0.15, 0.2) is 0 Å². The molecule has 6 heteroatoms. The monoisotopic (exact) mass is 448 g/mol. The van der Waals surface area contributed by atoms with Crippen LogP contribution in [0.5, 0.6) is 0 Å². The van der Waals surface area contributed by atoms with Crippen LogP contribution in [0.1, 0.15) is 43.4 Å². The Kier molecular flexibility index (Phi) is 5.59. The van der Waals surface area contributed by atoms with Crippen LogP contribution in [0.3, 0.4) is 0 Å². The minimum atomic E-state index is -1.40. The van der Waals surface area contributed by atoms with Gasteiger partial charge in [-0.05, 0) is 60.7 Å². The van der Waals surface area contributed by atoms with Gasteiger partial charge in [0, 0.05) is 36.4 Å². The largest absolute Gasteiger partial charge is 0.481 e. The molecule has 3 aromatic rings. The molecular formula is C27H29FN2O3. The fraction of sp³-hybridized carbons (Fsp3) is 0.370. The topological polar surface area (TPSA) is 72.8 Å². The van der Waals surface area contributed by atoms with Crippen molar-refractivity contribution in [3.05, 3.63) is 77.6 Å². The van der Waals surface area contributed by atoms with Gasteiger partial charge in [0.2, 0.25) is 0 Å². The number of nitrogens with one attached hydrogen (secondary N) is 1. The molecule has 3 aromatic carbocycles. The van der Waals surface area contributed by atoms with E-state index < -0.39 is 23.3 Å². The first-order chi connectivity index (χ1) is 15.8. The zero-order chi connectivity index (χ0) is 23.2. The Labute approximate surface area is 192 Å². The predicted molar refractivity (Wildman–Crippen MR) is 127 cm³/mol. The maximum absolute atomic E-state index is 14.5. The van der Waals surface area contributed by atoms with Crippen molar-refractivity contribution >= 4 is 22.4 Å². The highest BCUT2D eigenvalue weighted by molar-refractivity contribution is 5.86. The Bertz CT molecular complexity index is 1190. The number of hydrogen-bond donors (Lipinski definition) is 3. The second-order valence-corrected chi connectivity index (χ2v) is 9.53. The third kappa shape index (κ3) is 4.09. The molecule has 5 nitrogen and oxygen atoms in total. The summed E-state index contributed by atoms with van der Waals surface area (Å²) >= 11 is 0. The van der Waals surface area contributed by atoms with Crippen LogP contribution in [0.4, 0.5) is 10.1 Å². The van der Waals surface area contributed by atoms with Crippen molar-refractivity contribution in [2.75, 3.05) is 18.0 Å². The van der Waals surface area contributed by atoms with Crippen LogP contribution in [-0.2, 0) is 10.4 Å². The Hall–Kier alpha value is -2.96. The lowest BCUT2D eigenvalue weighted by Gasteiger charge is -2.42. The number of fused-ring (bicyclic) bond motifs is 1. The number of carboxylic acids is 1. The first-order valence-corrected chi connectivity index (χ1v) is 11.6. The summed E-state index contributed by atoms with van der Waals surface area (Å²) in [6.45, 7) is 3.81. The van der Waals surface area contributed by atoms with Crippen molar-refractivity contribution < 1.29 is 19.4 Å². The fourth-order valence-electron chi connectivity index (χ4n) is 5.42. The second kappa shape index (κ2) is 8.43. The summed E-state index contributed by atoms with van der Waals surface area (Å²) in [5.41, 5.74) is 0.943. The SMILES string of the molecule is CC(N[C@H]1CCN(c2ccc(F)c(C3(O)CC(C(=O)O)C3)c2)C1)c1cccc2ccccc12. The predicted octanol–water partition coefficient (Wildman–Crippen LogP) is 4.59. The van der Waals surface area contributed by atoms with Gasteiger partial charge in [-0.1, -0.05) is 42.5 Å². The molecule has 3 N–H and O–H groups in total.